The van der Waals surface area contributed by atoms with E-state index in [1.54, 1.807) is 6.26 Å². The number of carbonyl (C=O) groups excluding carboxylic acids is 1. The summed E-state index contributed by atoms with van der Waals surface area (Å²) in [6.07, 6.45) is 3.85. The maximum absolute atomic E-state index is 12.2. The van der Waals surface area contributed by atoms with Gasteiger partial charge < -0.3 is 9.73 Å². The molecule has 0 spiro atoms. The summed E-state index contributed by atoms with van der Waals surface area (Å²) in [5, 5.41) is 12.0. The summed E-state index contributed by atoms with van der Waals surface area (Å²) < 4.78 is 5.53. The fourth-order valence-corrected chi connectivity index (χ4v) is 3.25. The van der Waals surface area contributed by atoms with Gasteiger partial charge in [-0.2, -0.15) is 5.26 Å². The summed E-state index contributed by atoms with van der Waals surface area (Å²) in [5.41, 5.74) is 3.63. The highest BCUT2D eigenvalue weighted by molar-refractivity contribution is 5.94. The predicted octanol–water partition coefficient (Wildman–Crippen LogP) is 4.25. The van der Waals surface area contributed by atoms with E-state index in [2.05, 4.69) is 16.3 Å². The van der Waals surface area contributed by atoms with Gasteiger partial charge in [-0.25, -0.2) is 0 Å². The molecule has 2 aromatic carbocycles. The lowest BCUT2D eigenvalue weighted by Crippen LogP contribution is -2.25. The first-order valence-corrected chi connectivity index (χ1v) is 9.83. The average Bonchev–Trinajstić information content (AvgIpc) is 3.41. The number of nitriles is 1. The highest BCUT2D eigenvalue weighted by Gasteiger charge is 2.23. The van der Waals surface area contributed by atoms with Crippen molar-refractivity contribution in [3.63, 3.8) is 0 Å². The molecule has 3 aromatic rings. The van der Waals surface area contributed by atoms with Crippen LogP contribution in [-0.4, -0.2) is 16.8 Å². The first kappa shape index (κ1) is 19.0. The molecule has 1 aliphatic rings. The third-order valence-corrected chi connectivity index (χ3v) is 4.98. The van der Waals surface area contributed by atoms with Gasteiger partial charge in [-0.05, 0) is 60.4 Å². The molecule has 1 aliphatic carbocycles. The van der Waals surface area contributed by atoms with Crippen molar-refractivity contribution in [3.8, 4) is 6.07 Å². The van der Waals surface area contributed by atoms with Gasteiger partial charge in [-0.3, -0.25) is 9.69 Å². The van der Waals surface area contributed by atoms with Crippen molar-refractivity contribution in [3.05, 3.63) is 94.9 Å². The van der Waals surface area contributed by atoms with Crippen molar-refractivity contribution in [1.82, 2.24) is 10.2 Å². The molecule has 1 aromatic heterocycles. The lowest BCUT2D eigenvalue weighted by Gasteiger charge is -2.22. The van der Waals surface area contributed by atoms with Crippen LogP contribution in [0.15, 0.2) is 71.3 Å². The zero-order valence-electron chi connectivity index (χ0n) is 16.2. The van der Waals surface area contributed by atoms with E-state index in [1.807, 2.05) is 60.7 Å². The molecule has 146 valence electrons. The summed E-state index contributed by atoms with van der Waals surface area (Å²) >= 11 is 0. The van der Waals surface area contributed by atoms with Crippen LogP contribution < -0.4 is 5.32 Å². The smallest absolute Gasteiger partial charge is 0.251 e. The molecule has 29 heavy (non-hydrogen) atoms. The molecule has 4 rings (SSSR count). The highest BCUT2D eigenvalue weighted by atomic mass is 16.3. The van der Waals surface area contributed by atoms with Crippen molar-refractivity contribution < 1.29 is 9.21 Å². The number of benzene rings is 2. The SMILES string of the molecule is N#Cc1ccc(CN(Cc2ccc(C(=O)NC3CC3)cc2)Cc2ccco2)cc1. The first-order chi connectivity index (χ1) is 14.2. The van der Waals surface area contributed by atoms with E-state index in [9.17, 15) is 4.79 Å². The van der Waals surface area contributed by atoms with E-state index < -0.39 is 0 Å². The second-order valence-corrected chi connectivity index (χ2v) is 7.48. The molecule has 1 saturated carbocycles. The van der Waals surface area contributed by atoms with Gasteiger partial charge in [0.25, 0.3) is 5.91 Å². The molecule has 0 aliphatic heterocycles. The van der Waals surface area contributed by atoms with E-state index in [0.29, 0.717) is 23.7 Å². The zero-order chi connectivity index (χ0) is 20.1. The number of furan rings is 1. The first-order valence-electron chi connectivity index (χ1n) is 9.83. The molecular formula is C24H23N3O2. The van der Waals surface area contributed by atoms with Crippen LogP contribution in [0.1, 0.15) is 45.7 Å². The van der Waals surface area contributed by atoms with Crippen LogP contribution in [0, 0.1) is 11.3 Å². The molecule has 0 atom stereocenters. The van der Waals surface area contributed by atoms with Gasteiger partial charge in [0.2, 0.25) is 0 Å². The maximum atomic E-state index is 12.2. The molecule has 1 fully saturated rings. The molecule has 5 heteroatoms. The van der Waals surface area contributed by atoms with E-state index in [1.165, 1.54) is 0 Å². The van der Waals surface area contributed by atoms with E-state index in [4.69, 9.17) is 9.68 Å². The number of nitrogens with one attached hydrogen (secondary N) is 1. The van der Waals surface area contributed by atoms with Crippen molar-refractivity contribution in [2.24, 2.45) is 0 Å². The second-order valence-electron chi connectivity index (χ2n) is 7.48. The largest absolute Gasteiger partial charge is 0.468 e. The number of nitrogens with zero attached hydrogens (tertiary/aromatic N) is 2. The zero-order valence-corrected chi connectivity index (χ0v) is 16.2. The van der Waals surface area contributed by atoms with Gasteiger partial charge in [0.1, 0.15) is 5.76 Å². The molecule has 0 bridgehead atoms. The van der Waals surface area contributed by atoms with Crippen LogP contribution in [0.5, 0.6) is 0 Å². The summed E-state index contributed by atoms with van der Waals surface area (Å²) in [6, 6.07) is 21.8. The standard InChI is InChI=1S/C24H23N3O2/c25-14-18-3-5-19(6-4-18)15-27(17-23-2-1-13-29-23)16-20-7-9-21(10-8-20)24(28)26-22-11-12-22/h1-10,13,22H,11-12,15-17H2,(H,26,28). The van der Waals surface area contributed by atoms with Gasteiger partial charge in [0.05, 0.1) is 24.4 Å². The average molecular weight is 385 g/mol. The Hall–Kier alpha value is -3.36. The van der Waals surface area contributed by atoms with Crippen molar-refractivity contribution in [2.75, 3.05) is 0 Å². The van der Waals surface area contributed by atoms with Crippen LogP contribution in [0.3, 0.4) is 0 Å². The van der Waals surface area contributed by atoms with E-state index in [-0.39, 0.29) is 5.91 Å². The van der Waals surface area contributed by atoms with Crippen LogP contribution in [0.25, 0.3) is 0 Å². The van der Waals surface area contributed by atoms with Crippen LogP contribution >= 0.6 is 0 Å². The number of carbonyl (C=O) groups is 1. The van der Waals surface area contributed by atoms with Crippen LogP contribution in [0.4, 0.5) is 0 Å². The van der Waals surface area contributed by atoms with Crippen LogP contribution in [-0.2, 0) is 19.6 Å². The van der Waals surface area contributed by atoms with E-state index in [0.717, 1.165) is 42.8 Å². The second kappa shape index (κ2) is 8.76. The quantitative estimate of drug-likeness (QED) is 0.629. The topological polar surface area (TPSA) is 69.3 Å². The number of amides is 1. The van der Waals surface area contributed by atoms with Crippen molar-refractivity contribution >= 4 is 5.91 Å². The Balaban J connectivity index is 1.45. The fraction of sp³-hybridized carbons (Fsp3) is 0.250. The Kier molecular flexibility index (Phi) is 5.73. The molecule has 1 N–H and O–H groups in total. The molecule has 0 unspecified atom stereocenters. The Morgan fingerprint density at radius 2 is 1.66 bits per heavy atom. The Morgan fingerprint density at radius 1 is 1.00 bits per heavy atom. The number of hydrogen-bond acceptors (Lipinski definition) is 4. The monoisotopic (exact) mass is 385 g/mol. The minimum atomic E-state index is 0.00377. The minimum absolute atomic E-state index is 0.00377. The van der Waals surface area contributed by atoms with Gasteiger partial charge in [0.15, 0.2) is 0 Å². The Morgan fingerprint density at radius 3 is 2.21 bits per heavy atom. The normalized spacial score (nSPS) is 13.2. The van der Waals surface area contributed by atoms with Gasteiger partial charge >= 0.3 is 0 Å². The maximum Gasteiger partial charge on any atom is 0.251 e. The van der Waals surface area contributed by atoms with Crippen molar-refractivity contribution in [2.45, 2.75) is 38.5 Å². The number of rotatable bonds is 8. The minimum Gasteiger partial charge on any atom is -0.468 e. The molecule has 1 amide bonds. The predicted molar refractivity (Wildman–Crippen MR) is 110 cm³/mol. The van der Waals surface area contributed by atoms with Gasteiger partial charge in [0, 0.05) is 24.7 Å². The Labute approximate surface area is 170 Å². The molecule has 1 heterocycles. The molecule has 5 nitrogen and oxygen atoms in total. The third kappa shape index (κ3) is 5.34. The number of hydrogen-bond donors (Lipinski definition) is 1. The third-order valence-electron chi connectivity index (χ3n) is 4.98. The summed E-state index contributed by atoms with van der Waals surface area (Å²) in [4.78, 5) is 14.5. The summed E-state index contributed by atoms with van der Waals surface area (Å²) in [6.45, 7) is 2.14. The summed E-state index contributed by atoms with van der Waals surface area (Å²) in [7, 11) is 0. The highest BCUT2D eigenvalue weighted by Crippen LogP contribution is 2.20. The van der Waals surface area contributed by atoms with Gasteiger partial charge in [-0.15, -0.1) is 0 Å². The lowest BCUT2D eigenvalue weighted by molar-refractivity contribution is 0.0951. The van der Waals surface area contributed by atoms with Gasteiger partial charge in [-0.1, -0.05) is 24.3 Å². The lowest BCUT2D eigenvalue weighted by atomic mass is 10.1. The molecule has 0 saturated heterocycles. The fourth-order valence-electron chi connectivity index (χ4n) is 3.25. The van der Waals surface area contributed by atoms with E-state index >= 15 is 0 Å². The molecular weight excluding hydrogens is 362 g/mol. The Bertz CT molecular complexity index is 982. The summed E-state index contributed by atoms with van der Waals surface area (Å²) in [5.74, 6) is 0.906. The van der Waals surface area contributed by atoms with Crippen molar-refractivity contribution in [1.29, 1.82) is 5.26 Å². The molecule has 0 radical (unpaired) electrons. The van der Waals surface area contributed by atoms with Crippen LogP contribution in [0.2, 0.25) is 0 Å².